The van der Waals surface area contributed by atoms with E-state index in [2.05, 4.69) is 6.07 Å². The summed E-state index contributed by atoms with van der Waals surface area (Å²) in [4.78, 5) is 25.6. The van der Waals surface area contributed by atoms with Gasteiger partial charge in [0.1, 0.15) is 5.78 Å². The van der Waals surface area contributed by atoms with Crippen LogP contribution in [0.2, 0.25) is 0 Å². The lowest BCUT2D eigenvalue weighted by atomic mass is 10.0. The first-order valence-corrected chi connectivity index (χ1v) is 7.13. The molecule has 3 nitrogen and oxygen atoms in total. The third-order valence-corrected chi connectivity index (χ3v) is 3.76. The first-order valence-electron chi connectivity index (χ1n) is 7.13. The number of amides is 1. The molecule has 2 aromatic rings. The van der Waals surface area contributed by atoms with Gasteiger partial charge in [-0.05, 0) is 42.7 Å². The molecule has 0 bridgehead atoms. The zero-order valence-corrected chi connectivity index (χ0v) is 12.0. The molecule has 0 unspecified atom stereocenters. The molecule has 0 saturated heterocycles. The summed E-state index contributed by atoms with van der Waals surface area (Å²) in [5.41, 5.74) is 3.85. The minimum atomic E-state index is 0.0358. The van der Waals surface area contributed by atoms with E-state index in [0.29, 0.717) is 18.5 Å². The van der Waals surface area contributed by atoms with E-state index in [1.165, 1.54) is 0 Å². The van der Waals surface area contributed by atoms with E-state index in [4.69, 9.17) is 0 Å². The maximum absolute atomic E-state index is 12.5. The van der Waals surface area contributed by atoms with Gasteiger partial charge < -0.3 is 4.90 Å². The number of carbonyl (C=O) groups excluding carboxylic acids is 2. The Morgan fingerprint density at radius 2 is 1.86 bits per heavy atom. The van der Waals surface area contributed by atoms with E-state index in [9.17, 15) is 9.59 Å². The van der Waals surface area contributed by atoms with Gasteiger partial charge >= 0.3 is 0 Å². The van der Waals surface area contributed by atoms with Gasteiger partial charge in [-0.15, -0.1) is 0 Å². The summed E-state index contributed by atoms with van der Waals surface area (Å²) >= 11 is 0. The van der Waals surface area contributed by atoms with Crippen LogP contribution >= 0.6 is 0 Å². The fourth-order valence-electron chi connectivity index (χ4n) is 2.80. The maximum Gasteiger partial charge on any atom is 0.258 e. The Hall–Kier alpha value is -2.42. The Morgan fingerprint density at radius 3 is 2.57 bits per heavy atom. The summed E-state index contributed by atoms with van der Waals surface area (Å²) in [5.74, 6) is 0.193. The molecule has 1 aliphatic heterocycles. The zero-order chi connectivity index (χ0) is 14.8. The predicted octanol–water partition coefficient (Wildman–Crippen LogP) is 3.02. The number of Topliss-reactive ketones (excluding diaryl/α,β-unsaturated/α-hetero) is 1. The third-order valence-electron chi connectivity index (χ3n) is 3.76. The van der Waals surface area contributed by atoms with E-state index >= 15 is 0 Å². The van der Waals surface area contributed by atoms with Crippen LogP contribution in [0.25, 0.3) is 0 Å². The van der Waals surface area contributed by atoms with Crippen LogP contribution in [0.15, 0.2) is 48.5 Å². The highest BCUT2D eigenvalue weighted by Crippen LogP contribution is 2.30. The van der Waals surface area contributed by atoms with Crippen molar-refractivity contribution in [3.63, 3.8) is 0 Å². The molecule has 1 heterocycles. The smallest absolute Gasteiger partial charge is 0.258 e. The van der Waals surface area contributed by atoms with Crippen molar-refractivity contribution >= 4 is 17.4 Å². The summed E-state index contributed by atoms with van der Waals surface area (Å²) in [6, 6.07) is 15.3. The second-order valence-electron chi connectivity index (χ2n) is 5.41. The van der Waals surface area contributed by atoms with Crippen molar-refractivity contribution in [3.05, 3.63) is 65.2 Å². The van der Waals surface area contributed by atoms with Crippen LogP contribution in [0.1, 0.15) is 28.4 Å². The summed E-state index contributed by atoms with van der Waals surface area (Å²) in [5, 5.41) is 0. The lowest BCUT2D eigenvalue weighted by Crippen LogP contribution is -2.28. The van der Waals surface area contributed by atoms with Crippen LogP contribution in [0.4, 0.5) is 5.69 Å². The molecule has 0 fully saturated rings. The molecule has 2 aromatic carbocycles. The average Bonchev–Trinajstić information content (AvgIpc) is 2.90. The van der Waals surface area contributed by atoms with Crippen molar-refractivity contribution in [1.29, 1.82) is 0 Å². The van der Waals surface area contributed by atoms with Crippen molar-refractivity contribution in [2.45, 2.75) is 19.8 Å². The van der Waals surface area contributed by atoms with Crippen LogP contribution in [-0.4, -0.2) is 18.2 Å². The highest BCUT2D eigenvalue weighted by molar-refractivity contribution is 6.07. The molecule has 0 aliphatic carbocycles. The van der Waals surface area contributed by atoms with E-state index in [-0.39, 0.29) is 11.7 Å². The fourth-order valence-corrected chi connectivity index (χ4v) is 2.80. The molecule has 0 saturated carbocycles. The van der Waals surface area contributed by atoms with Crippen molar-refractivity contribution in [1.82, 2.24) is 0 Å². The van der Waals surface area contributed by atoms with Crippen molar-refractivity contribution in [3.8, 4) is 0 Å². The van der Waals surface area contributed by atoms with Crippen LogP contribution in [0, 0.1) is 0 Å². The molecule has 0 atom stereocenters. The first-order chi connectivity index (χ1) is 10.1. The summed E-state index contributed by atoms with van der Waals surface area (Å²) < 4.78 is 0. The number of benzene rings is 2. The Bertz CT molecular complexity index is 692. The second kappa shape index (κ2) is 5.52. The lowest BCUT2D eigenvalue weighted by Gasteiger charge is -2.17. The Balaban J connectivity index is 1.87. The Kier molecular flexibility index (Phi) is 3.57. The molecule has 1 aliphatic rings. The van der Waals surface area contributed by atoms with Crippen LogP contribution < -0.4 is 4.90 Å². The Labute approximate surface area is 124 Å². The summed E-state index contributed by atoms with van der Waals surface area (Å²) in [6.45, 7) is 2.30. The largest absolute Gasteiger partial charge is 0.308 e. The zero-order valence-electron chi connectivity index (χ0n) is 12.0. The molecule has 3 heteroatoms. The normalized spacial score (nSPS) is 13.1. The number of carbonyl (C=O) groups is 2. The van der Waals surface area contributed by atoms with Crippen molar-refractivity contribution < 1.29 is 9.59 Å². The van der Waals surface area contributed by atoms with Crippen LogP contribution in [-0.2, 0) is 17.6 Å². The molecule has 0 aromatic heterocycles. The standard InChI is InChI=1S/C18H17NO2/c1-13(20)11-14-7-8-17-16(12-14)9-10-19(17)18(21)15-5-3-2-4-6-15/h2-8,12H,9-11H2,1H3. The van der Waals surface area contributed by atoms with Gasteiger partial charge in [0.2, 0.25) is 0 Å². The molecule has 0 N–H and O–H groups in total. The number of ketones is 1. The van der Waals surface area contributed by atoms with E-state index in [1.807, 2.05) is 47.4 Å². The Morgan fingerprint density at radius 1 is 1.10 bits per heavy atom. The van der Waals surface area contributed by atoms with Crippen LogP contribution in [0.5, 0.6) is 0 Å². The highest BCUT2D eigenvalue weighted by atomic mass is 16.2. The minimum Gasteiger partial charge on any atom is -0.308 e. The summed E-state index contributed by atoms with van der Waals surface area (Å²) in [6.07, 6.45) is 1.31. The van der Waals surface area contributed by atoms with Crippen molar-refractivity contribution in [2.24, 2.45) is 0 Å². The first kappa shape index (κ1) is 13.6. The number of hydrogen-bond acceptors (Lipinski definition) is 2. The number of nitrogens with zero attached hydrogens (tertiary/aromatic N) is 1. The maximum atomic E-state index is 12.5. The van der Waals surface area contributed by atoms with Crippen LogP contribution in [0.3, 0.4) is 0 Å². The van der Waals surface area contributed by atoms with Gasteiger partial charge in [0.15, 0.2) is 0 Å². The minimum absolute atomic E-state index is 0.0358. The number of fused-ring (bicyclic) bond motifs is 1. The SMILES string of the molecule is CC(=O)Cc1ccc2c(c1)CCN2C(=O)c1ccccc1. The van der Waals surface area contributed by atoms with E-state index < -0.39 is 0 Å². The molecule has 1 amide bonds. The highest BCUT2D eigenvalue weighted by Gasteiger charge is 2.25. The number of hydrogen-bond donors (Lipinski definition) is 0. The molecule has 3 rings (SSSR count). The lowest BCUT2D eigenvalue weighted by molar-refractivity contribution is -0.116. The van der Waals surface area contributed by atoms with Gasteiger partial charge in [0.05, 0.1) is 0 Å². The van der Waals surface area contributed by atoms with E-state index in [0.717, 1.165) is 23.2 Å². The molecule has 21 heavy (non-hydrogen) atoms. The van der Waals surface area contributed by atoms with Gasteiger partial charge in [0, 0.05) is 24.2 Å². The van der Waals surface area contributed by atoms with Crippen molar-refractivity contribution in [2.75, 3.05) is 11.4 Å². The number of anilines is 1. The average molecular weight is 279 g/mol. The van der Waals surface area contributed by atoms with Gasteiger partial charge in [0.25, 0.3) is 5.91 Å². The number of rotatable bonds is 3. The molecule has 0 radical (unpaired) electrons. The van der Waals surface area contributed by atoms with Gasteiger partial charge in [-0.2, -0.15) is 0 Å². The van der Waals surface area contributed by atoms with Gasteiger partial charge in [-0.3, -0.25) is 9.59 Å². The molecule has 106 valence electrons. The second-order valence-corrected chi connectivity index (χ2v) is 5.41. The van der Waals surface area contributed by atoms with E-state index in [1.54, 1.807) is 6.92 Å². The monoisotopic (exact) mass is 279 g/mol. The predicted molar refractivity (Wildman–Crippen MR) is 82.6 cm³/mol. The molecular formula is C18H17NO2. The fraction of sp³-hybridized carbons (Fsp3) is 0.222. The summed E-state index contributed by atoms with van der Waals surface area (Å²) in [7, 11) is 0. The van der Waals surface area contributed by atoms with Gasteiger partial charge in [-0.25, -0.2) is 0 Å². The third kappa shape index (κ3) is 2.72. The quantitative estimate of drug-likeness (QED) is 0.866. The molecular weight excluding hydrogens is 262 g/mol. The topological polar surface area (TPSA) is 37.4 Å². The van der Waals surface area contributed by atoms with Gasteiger partial charge in [-0.1, -0.05) is 30.3 Å². The molecule has 0 spiro atoms.